The van der Waals surface area contributed by atoms with E-state index in [-0.39, 0.29) is 18.2 Å². The minimum absolute atomic E-state index is 0. The number of carbonyl (C=O) groups excluding carboxylic acids is 1. The van der Waals surface area contributed by atoms with Gasteiger partial charge in [-0.1, -0.05) is 12.1 Å². The number of likely N-dealkylation sites (tertiary alicyclic amines) is 1. The molecule has 1 aromatic carbocycles. The second kappa shape index (κ2) is 8.25. The van der Waals surface area contributed by atoms with Gasteiger partial charge < -0.3 is 10.5 Å². The molecule has 2 N–H and O–H groups in total. The molecular formula is C15H23ClN2O2. The molecule has 1 heterocycles. The summed E-state index contributed by atoms with van der Waals surface area (Å²) in [5, 5.41) is 0. The zero-order chi connectivity index (χ0) is 13.7. The molecule has 0 amide bonds. The first-order valence-electron chi connectivity index (χ1n) is 6.87. The number of hydrogen-bond acceptors (Lipinski definition) is 4. The van der Waals surface area contributed by atoms with Crippen LogP contribution in [0.1, 0.15) is 30.1 Å². The number of para-hydroxylation sites is 1. The van der Waals surface area contributed by atoms with Gasteiger partial charge in [0.15, 0.2) is 5.78 Å². The molecule has 0 saturated carbocycles. The van der Waals surface area contributed by atoms with Crippen LogP contribution in [0.3, 0.4) is 0 Å². The lowest BCUT2D eigenvalue weighted by Crippen LogP contribution is -2.44. The van der Waals surface area contributed by atoms with E-state index in [1.807, 2.05) is 18.2 Å². The van der Waals surface area contributed by atoms with Crippen LogP contribution in [0.25, 0.3) is 0 Å². The number of halogens is 1. The number of carbonyl (C=O) groups is 1. The Kier molecular flexibility index (Phi) is 6.99. The van der Waals surface area contributed by atoms with Gasteiger partial charge in [0.25, 0.3) is 0 Å². The van der Waals surface area contributed by atoms with Crippen molar-refractivity contribution in [3.05, 3.63) is 29.8 Å². The summed E-state index contributed by atoms with van der Waals surface area (Å²) < 4.78 is 5.73. The van der Waals surface area contributed by atoms with Gasteiger partial charge in [-0.15, -0.1) is 12.4 Å². The van der Waals surface area contributed by atoms with Crippen molar-refractivity contribution in [1.82, 2.24) is 4.90 Å². The minimum atomic E-state index is 0. The maximum atomic E-state index is 11.5. The number of Topliss-reactive ketones (excluding diaryl/α,β-unsaturated/α-hetero) is 1. The molecule has 1 saturated heterocycles. The van der Waals surface area contributed by atoms with Crippen LogP contribution in [-0.2, 0) is 0 Å². The van der Waals surface area contributed by atoms with Gasteiger partial charge in [-0.05, 0) is 38.4 Å². The molecule has 5 heteroatoms. The quantitative estimate of drug-likeness (QED) is 0.846. The highest BCUT2D eigenvalue weighted by molar-refractivity contribution is 5.96. The van der Waals surface area contributed by atoms with Crippen molar-refractivity contribution in [2.45, 2.75) is 25.8 Å². The molecule has 0 aromatic heterocycles. The van der Waals surface area contributed by atoms with Crippen molar-refractivity contribution in [3.8, 4) is 5.75 Å². The van der Waals surface area contributed by atoms with E-state index in [0.717, 1.165) is 32.5 Å². The van der Waals surface area contributed by atoms with Crippen LogP contribution in [0.4, 0.5) is 0 Å². The number of ether oxygens (including phenoxy) is 1. The Hall–Kier alpha value is -1.10. The highest BCUT2D eigenvalue weighted by Gasteiger charge is 2.16. The highest BCUT2D eigenvalue weighted by Crippen LogP contribution is 2.18. The first kappa shape index (κ1) is 17.0. The Labute approximate surface area is 126 Å². The summed E-state index contributed by atoms with van der Waals surface area (Å²) >= 11 is 0. The standard InChI is InChI=1S/C15H22N2O2.ClH/c1-12(18)14-6-2-3-7-15(14)19-10-9-17-8-4-5-13(16)11-17;/h2-3,6-7,13H,4-5,8-11,16H2,1H3;1H/t13-;/m1./s1. The zero-order valence-corrected chi connectivity index (χ0v) is 12.7. The molecule has 1 atom stereocenters. The molecule has 1 fully saturated rings. The molecule has 0 spiro atoms. The molecule has 1 aliphatic heterocycles. The summed E-state index contributed by atoms with van der Waals surface area (Å²) in [5.74, 6) is 0.715. The fourth-order valence-electron chi connectivity index (χ4n) is 2.46. The van der Waals surface area contributed by atoms with Crippen molar-refractivity contribution in [2.24, 2.45) is 5.73 Å². The third-order valence-corrected chi connectivity index (χ3v) is 3.47. The molecule has 0 radical (unpaired) electrons. The third-order valence-electron chi connectivity index (χ3n) is 3.47. The summed E-state index contributed by atoms with van der Waals surface area (Å²) in [4.78, 5) is 13.8. The van der Waals surface area contributed by atoms with Gasteiger partial charge in [-0.2, -0.15) is 0 Å². The van der Waals surface area contributed by atoms with Crippen LogP contribution in [-0.4, -0.2) is 43.0 Å². The smallest absolute Gasteiger partial charge is 0.163 e. The number of rotatable bonds is 5. The van der Waals surface area contributed by atoms with Gasteiger partial charge in [-0.3, -0.25) is 9.69 Å². The lowest BCUT2D eigenvalue weighted by molar-refractivity contribution is 0.101. The average Bonchev–Trinajstić information content (AvgIpc) is 2.39. The predicted molar refractivity (Wildman–Crippen MR) is 82.8 cm³/mol. The molecule has 2 rings (SSSR count). The average molecular weight is 299 g/mol. The van der Waals surface area contributed by atoms with Gasteiger partial charge in [0.2, 0.25) is 0 Å². The van der Waals surface area contributed by atoms with Crippen LogP contribution in [0.2, 0.25) is 0 Å². The summed E-state index contributed by atoms with van der Waals surface area (Å²) in [7, 11) is 0. The second-order valence-corrected chi connectivity index (χ2v) is 5.10. The Morgan fingerprint density at radius 3 is 2.90 bits per heavy atom. The van der Waals surface area contributed by atoms with Gasteiger partial charge in [0, 0.05) is 19.1 Å². The molecule has 0 bridgehead atoms. The van der Waals surface area contributed by atoms with E-state index in [9.17, 15) is 4.79 Å². The number of hydrogen-bond donors (Lipinski definition) is 1. The number of benzene rings is 1. The maximum absolute atomic E-state index is 11.5. The van der Waals surface area contributed by atoms with Gasteiger partial charge >= 0.3 is 0 Å². The third kappa shape index (κ3) is 4.78. The molecule has 112 valence electrons. The maximum Gasteiger partial charge on any atom is 0.163 e. The van der Waals surface area contributed by atoms with E-state index in [0.29, 0.717) is 24.0 Å². The normalized spacial score (nSPS) is 19.2. The van der Waals surface area contributed by atoms with Gasteiger partial charge in [-0.25, -0.2) is 0 Å². The first-order valence-corrected chi connectivity index (χ1v) is 6.87. The molecular weight excluding hydrogens is 276 g/mol. The molecule has 4 nitrogen and oxygen atoms in total. The van der Waals surface area contributed by atoms with Gasteiger partial charge in [0.1, 0.15) is 12.4 Å². The van der Waals surface area contributed by atoms with Crippen molar-refractivity contribution >= 4 is 18.2 Å². The minimum Gasteiger partial charge on any atom is -0.491 e. The van der Waals surface area contributed by atoms with E-state index in [1.165, 1.54) is 0 Å². The monoisotopic (exact) mass is 298 g/mol. The van der Waals surface area contributed by atoms with Crippen LogP contribution < -0.4 is 10.5 Å². The van der Waals surface area contributed by atoms with E-state index in [1.54, 1.807) is 13.0 Å². The fraction of sp³-hybridized carbons (Fsp3) is 0.533. The van der Waals surface area contributed by atoms with E-state index in [4.69, 9.17) is 10.5 Å². The fourth-order valence-corrected chi connectivity index (χ4v) is 2.46. The van der Waals surface area contributed by atoms with E-state index < -0.39 is 0 Å². The number of nitrogens with two attached hydrogens (primary N) is 1. The molecule has 1 aliphatic rings. The number of nitrogens with zero attached hydrogens (tertiary/aromatic N) is 1. The zero-order valence-electron chi connectivity index (χ0n) is 11.9. The Balaban J connectivity index is 0.00000200. The summed E-state index contributed by atoms with van der Waals surface area (Å²) in [6.07, 6.45) is 2.27. The van der Waals surface area contributed by atoms with Crippen LogP contribution in [0.15, 0.2) is 24.3 Å². The number of ketones is 1. The van der Waals surface area contributed by atoms with Crippen molar-refractivity contribution in [2.75, 3.05) is 26.2 Å². The molecule has 20 heavy (non-hydrogen) atoms. The Bertz CT molecular complexity index is 440. The summed E-state index contributed by atoms with van der Waals surface area (Å²) in [6, 6.07) is 7.68. The lowest BCUT2D eigenvalue weighted by Gasteiger charge is -2.30. The molecule has 0 aliphatic carbocycles. The van der Waals surface area contributed by atoms with Crippen LogP contribution in [0, 0.1) is 0 Å². The summed E-state index contributed by atoms with van der Waals surface area (Å²) in [5.41, 5.74) is 6.60. The van der Waals surface area contributed by atoms with E-state index in [2.05, 4.69) is 4.90 Å². The van der Waals surface area contributed by atoms with Crippen molar-refractivity contribution in [3.63, 3.8) is 0 Å². The van der Waals surface area contributed by atoms with Crippen molar-refractivity contribution < 1.29 is 9.53 Å². The Morgan fingerprint density at radius 1 is 1.45 bits per heavy atom. The largest absolute Gasteiger partial charge is 0.491 e. The topological polar surface area (TPSA) is 55.6 Å². The highest BCUT2D eigenvalue weighted by atomic mass is 35.5. The second-order valence-electron chi connectivity index (χ2n) is 5.10. The van der Waals surface area contributed by atoms with Crippen LogP contribution >= 0.6 is 12.4 Å². The number of piperidine rings is 1. The van der Waals surface area contributed by atoms with E-state index >= 15 is 0 Å². The van der Waals surface area contributed by atoms with Crippen molar-refractivity contribution in [1.29, 1.82) is 0 Å². The summed E-state index contributed by atoms with van der Waals surface area (Å²) in [6.45, 7) is 5.05. The Morgan fingerprint density at radius 2 is 2.20 bits per heavy atom. The first-order chi connectivity index (χ1) is 9.16. The molecule has 1 aromatic rings. The van der Waals surface area contributed by atoms with Gasteiger partial charge in [0.05, 0.1) is 5.56 Å². The van der Waals surface area contributed by atoms with Crippen LogP contribution in [0.5, 0.6) is 5.75 Å². The SMILES string of the molecule is CC(=O)c1ccccc1OCCN1CCC[C@@H](N)C1.Cl. The predicted octanol–water partition coefficient (Wildman–Crippen LogP) is 2.11. The lowest BCUT2D eigenvalue weighted by atomic mass is 10.1. The molecule has 0 unspecified atom stereocenters.